The molecule has 0 saturated carbocycles. The molecular formula is C14H15N3O. The molecule has 0 fully saturated rings. The van der Waals surface area contributed by atoms with Crippen LogP contribution in [-0.2, 0) is 4.74 Å². The van der Waals surface area contributed by atoms with Crippen LogP contribution in [0.25, 0.3) is 5.69 Å². The minimum atomic E-state index is -0.266. The minimum Gasteiger partial charge on any atom is -0.496 e. The van der Waals surface area contributed by atoms with E-state index in [1.165, 1.54) is 0 Å². The number of nitrogens with two attached hydrogens (primary N) is 1. The van der Waals surface area contributed by atoms with E-state index in [4.69, 9.17) is 10.5 Å². The van der Waals surface area contributed by atoms with Crippen molar-refractivity contribution < 1.29 is 4.74 Å². The second-order valence-corrected chi connectivity index (χ2v) is 4.24. The predicted octanol–water partition coefficient (Wildman–Crippen LogP) is 2.18. The smallest absolute Gasteiger partial charge is 0.115 e. The van der Waals surface area contributed by atoms with Gasteiger partial charge in [-0.25, -0.2) is 4.68 Å². The van der Waals surface area contributed by atoms with Crippen molar-refractivity contribution in [1.82, 2.24) is 9.78 Å². The fraction of sp³-hybridized carbons (Fsp3) is 0.214. The van der Waals surface area contributed by atoms with Crippen LogP contribution in [0.5, 0.6) is 0 Å². The Kier molecular flexibility index (Phi) is 2.86. The van der Waals surface area contributed by atoms with Crippen LogP contribution in [0.15, 0.2) is 54.4 Å². The Bertz CT molecular complexity index is 559. The molecule has 4 heteroatoms. The summed E-state index contributed by atoms with van der Waals surface area (Å²) in [6.07, 6.45) is 4.88. The van der Waals surface area contributed by atoms with E-state index in [-0.39, 0.29) is 6.04 Å². The van der Waals surface area contributed by atoms with Gasteiger partial charge in [0.1, 0.15) is 11.8 Å². The average molecular weight is 241 g/mol. The van der Waals surface area contributed by atoms with Gasteiger partial charge in [-0.05, 0) is 24.3 Å². The summed E-state index contributed by atoms with van der Waals surface area (Å²) in [6, 6.07) is 11.6. The zero-order valence-electron chi connectivity index (χ0n) is 9.99. The maximum atomic E-state index is 6.12. The van der Waals surface area contributed by atoms with Crippen molar-refractivity contribution in [3.63, 3.8) is 0 Å². The summed E-state index contributed by atoms with van der Waals surface area (Å²) in [6.45, 7) is 0.725. The Labute approximate surface area is 106 Å². The molecule has 3 rings (SSSR count). The highest BCUT2D eigenvalue weighted by Crippen LogP contribution is 2.23. The first kappa shape index (κ1) is 11.0. The van der Waals surface area contributed by atoms with Gasteiger partial charge in [-0.15, -0.1) is 0 Å². The van der Waals surface area contributed by atoms with Gasteiger partial charge in [0.25, 0.3) is 0 Å². The molecule has 92 valence electrons. The largest absolute Gasteiger partial charge is 0.496 e. The molecule has 1 aliphatic rings. The van der Waals surface area contributed by atoms with Gasteiger partial charge in [0, 0.05) is 12.6 Å². The summed E-state index contributed by atoms with van der Waals surface area (Å²) >= 11 is 0. The number of rotatable bonds is 3. The van der Waals surface area contributed by atoms with Crippen molar-refractivity contribution in [2.75, 3.05) is 6.61 Å². The number of hydrogen-bond acceptors (Lipinski definition) is 3. The molecule has 0 amide bonds. The Morgan fingerprint density at radius 3 is 2.78 bits per heavy atom. The number of benzene rings is 1. The monoisotopic (exact) mass is 241 g/mol. The molecule has 1 atom stereocenters. The summed E-state index contributed by atoms with van der Waals surface area (Å²) in [7, 11) is 0. The predicted molar refractivity (Wildman–Crippen MR) is 69.1 cm³/mol. The molecule has 4 nitrogen and oxygen atoms in total. The van der Waals surface area contributed by atoms with Gasteiger partial charge in [-0.2, -0.15) is 5.10 Å². The van der Waals surface area contributed by atoms with Crippen molar-refractivity contribution in [2.24, 2.45) is 5.73 Å². The summed E-state index contributed by atoms with van der Waals surface area (Å²) < 4.78 is 7.30. The molecule has 1 unspecified atom stereocenters. The highest BCUT2D eigenvalue weighted by molar-refractivity contribution is 5.31. The lowest BCUT2D eigenvalue weighted by atomic mass is 10.2. The van der Waals surface area contributed by atoms with Crippen molar-refractivity contribution >= 4 is 0 Å². The van der Waals surface area contributed by atoms with Gasteiger partial charge < -0.3 is 10.5 Å². The molecule has 0 saturated heterocycles. The summed E-state index contributed by atoms with van der Waals surface area (Å²) in [4.78, 5) is 0. The van der Waals surface area contributed by atoms with Crippen LogP contribution in [-0.4, -0.2) is 16.4 Å². The van der Waals surface area contributed by atoms with Crippen LogP contribution in [0, 0.1) is 0 Å². The van der Waals surface area contributed by atoms with Crippen molar-refractivity contribution in [3.05, 3.63) is 60.1 Å². The standard InChI is InChI=1S/C14H15N3O/c15-14(13-7-4-10-18-13)12-8-9-17(16-12)11-5-2-1-3-6-11/h1-3,5-9,14H,4,10,15H2. The van der Waals surface area contributed by atoms with Crippen molar-refractivity contribution in [2.45, 2.75) is 12.5 Å². The van der Waals surface area contributed by atoms with Crippen LogP contribution < -0.4 is 5.73 Å². The molecule has 1 aliphatic heterocycles. The summed E-state index contributed by atoms with van der Waals surface area (Å²) in [5, 5.41) is 4.50. The van der Waals surface area contributed by atoms with Crippen LogP contribution in [0.3, 0.4) is 0 Å². The molecule has 18 heavy (non-hydrogen) atoms. The maximum Gasteiger partial charge on any atom is 0.115 e. The van der Waals surface area contributed by atoms with Crippen LogP contribution in [0.2, 0.25) is 0 Å². The normalized spacial score (nSPS) is 16.2. The van der Waals surface area contributed by atoms with Crippen molar-refractivity contribution in [1.29, 1.82) is 0 Å². The Balaban J connectivity index is 1.85. The van der Waals surface area contributed by atoms with Gasteiger partial charge in [0.2, 0.25) is 0 Å². The van der Waals surface area contributed by atoms with Gasteiger partial charge in [0.15, 0.2) is 0 Å². The lowest BCUT2D eigenvalue weighted by Crippen LogP contribution is -2.14. The van der Waals surface area contributed by atoms with Crippen molar-refractivity contribution in [3.8, 4) is 5.69 Å². The lowest BCUT2D eigenvalue weighted by Gasteiger charge is -2.10. The third kappa shape index (κ3) is 2.02. The molecule has 2 heterocycles. The maximum absolute atomic E-state index is 6.12. The molecule has 1 aromatic heterocycles. The first-order chi connectivity index (χ1) is 8.84. The van der Waals surface area contributed by atoms with Gasteiger partial charge >= 0.3 is 0 Å². The molecule has 0 spiro atoms. The minimum absolute atomic E-state index is 0.266. The zero-order chi connectivity index (χ0) is 12.4. The zero-order valence-corrected chi connectivity index (χ0v) is 9.99. The third-order valence-electron chi connectivity index (χ3n) is 2.99. The quantitative estimate of drug-likeness (QED) is 0.896. The van der Waals surface area contributed by atoms with E-state index >= 15 is 0 Å². The Hall–Kier alpha value is -2.07. The molecule has 2 aromatic rings. The summed E-state index contributed by atoms with van der Waals surface area (Å²) in [5.41, 5.74) is 7.97. The first-order valence-electron chi connectivity index (χ1n) is 6.04. The molecule has 0 bridgehead atoms. The molecule has 0 aliphatic carbocycles. The number of aromatic nitrogens is 2. The van der Waals surface area contributed by atoms with E-state index in [0.717, 1.165) is 30.2 Å². The second-order valence-electron chi connectivity index (χ2n) is 4.24. The molecule has 0 radical (unpaired) electrons. The van der Waals surface area contributed by atoms with E-state index in [9.17, 15) is 0 Å². The fourth-order valence-corrected chi connectivity index (χ4v) is 2.03. The highest BCUT2D eigenvalue weighted by Gasteiger charge is 2.18. The van der Waals surface area contributed by atoms with Gasteiger partial charge in [-0.3, -0.25) is 0 Å². The highest BCUT2D eigenvalue weighted by atomic mass is 16.5. The summed E-state index contributed by atoms with van der Waals surface area (Å²) in [5.74, 6) is 0.827. The van der Waals surface area contributed by atoms with E-state index in [0.29, 0.717) is 0 Å². The molecule has 1 aromatic carbocycles. The SMILES string of the molecule is NC(C1=CCCO1)c1ccn(-c2ccccc2)n1. The fourth-order valence-electron chi connectivity index (χ4n) is 2.03. The Morgan fingerprint density at radius 1 is 1.22 bits per heavy atom. The first-order valence-corrected chi connectivity index (χ1v) is 6.04. The Morgan fingerprint density at radius 2 is 2.06 bits per heavy atom. The number of ether oxygens (including phenoxy) is 1. The number of para-hydroxylation sites is 1. The van der Waals surface area contributed by atoms with E-state index in [1.54, 1.807) is 0 Å². The van der Waals surface area contributed by atoms with E-state index in [2.05, 4.69) is 5.10 Å². The van der Waals surface area contributed by atoms with Crippen LogP contribution in [0.1, 0.15) is 18.2 Å². The topological polar surface area (TPSA) is 53.1 Å². The number of hydrogen-bond donors (Lipinski definition) is 1. The lowest BCUT2D eigenvalue weighted by molar-refractivity contribution is 0.224. The van der Waals surface area contributed by atoms with E-state index < -0.39 is 0 Å². The number of nitrogens with zero attached hydrogens (tertiary/aromatic N) is 2. The van der Waals surface area contributed by atoms with Crippen LogP contribution >= 0.6 is 0 Å². The van der Waals surface area contributed by atoms with Crippen LogP contribution in [0.4, 0.5) is 0 Å². The molecule has 2 N–H and O–H groups in total. The average Bonchev–Trinajstić information content (AvgIpc) is 3.10. The van der Waals surface area contributed by atoms with Gasteiger partial charge in [0.05, 0.1) is 18.0 Å². The molecular weight excluding hydrogens is 226 g/mol. The second kappa shape index (κ2) is 4.66. The van der Waals surface area contributed by atoms with Gasteiger partial charge in [-0.1, -0.05) is 18.2 Å². The van der Waals surface area contributed by atoms with E-state index in [1.807, 2.05) is 53.4 Å². The third-order valence-corrected chi connectivity index (χ3v) is 2.99.